The molecule has 0 bridgehead atoms. The van der Waals surface area contributed by atoms with Gasteiger partial charge in [-0.3, -0.25) is 4.79 Å². The number of imidazole rings is 1. The second-order valence-electron chi connectivity index (χ2n) is 7.45. The highest BCUT2D eigenvalue weighted by Crippen LogP contribution is 2.38. The predicted molar refractivity (Wildman–Crippen MR) is 86.0 cm³/mol. The van der Waals surface area contributed by atoms with E-state index in [1.54, 1.807) is 11.8 Å². The molecule has 1 unspecified atom stereocenters. The zero-order chi connectivity index (χ0) is 18.6. The van der Waals surface area contributed by atoms with Crippen LogP contribution in [-0.2, 0) is 6.18 Å². The zero-order valence-corrected chi connectivity index (χ0v) is 14.2. The average molecular weight is 355 g/mol. The summed E-state index contributed by atoms with van der Waals surface area (Å²) in [5.74, 6) is -1.35. The van der Waals surface area contributed by atoms with E-state index in [4.69, 9.17) is 0 Å². The van der Waals surface area contributed by atoms with E-state index >= 15 is 0 Å². The van der Waals surface area contributed by atoms with Crippen LogP contribution in [0.15, 0.2) is 18.2 Å². The number of hydrogen-bond acceptors (Lipinski definition) is 3. The van der Waals surface area contributed by atoms with Crippen molar-refractivity contribution in [3.05, 3.63) is 29.6 Å². The van der Waals surface area contributed by atoms with Crippen LogP contribution in [0.5, 0.6) is 0 Å². The number of nitrogens with zero attached hydrogens (tertiary/aromatic N) is 2. The van der Waals surface area contributed by atoms with Crippen LogP contribution in [0.2, 0.25) is 0 Å². The molecule has 1 aliphatic rings. The van der Waals surface area contributed by atoms with Crippen molar-refractivity contribution in [1.82, 2.24) is 14.9 Å². The van der Waals surface area contributed by atoms with Gasteiger partial charge < -0.3 is 15.0 Å². The lowest BCUT2D eigenvalue weighted by Gasteiger charge is -2.48. The van der Waals surface area contributed by atoms with Gasteiger partial charge in [-0.05, 0) is 31.5 Å². The third-order valence-electron chi connectivity index (χ3n) is 5.20. The third kappa shape index (κ3) is 3.10. The quantitative estimate of drug-likeness (QED) is 0.825. The molecule has 25 heavy (non-hydrogen) atoms. The number of aliphatic hydroxyl groups is 1. The van der Waals surface area contributed by atoms with Crippen molar-refractivity contribution in [1.29, 1.82) is 0 Å². The molecule has 5 nitrogen and oxygen atoms in total. The van der Waals surface area contributed by atoms with Gasteiger partial charge in [0.25, 0.3) is 5.91 Å². The number of benzene rings is 1. The Morgan fingerprint density at radius 1 is 1.32 bits per heavy atom. The molecule has 0 radical (unpaired) electrons. The summed E-state index contributed by atoms with van der Waals surface area (Å²) in [5, 5.41) is 10.4. The predicted octanol–water partition coefficient (Wildman–Crippen LogP) is 3.20. The Morgan fingerprint density at radius 3 is 2.60 bits per heavy atom. The molecular formula is C17H20F3N3O2. The lowest BCUT2D eigenvalue weighted by Crippen LogP contribution is -2.56. The summed E-state index contributed by atoms with van der Waals surface area (Å²) in [6.07, 6.45) is -4.12. The maximum absolute atomic E-state index is 12.7. The first-order valence-corrected chi connectivity index (χ1v) is 7.99. The molecule has 2 heterocycles. The molecule has 2 aromatic rings. The summed E-state index contributed by atoms with van der Waals surface area (Å²) < 4.78 is 38.2. The Kier molecular flexibility index (Phi) is 3.87. The highest BCUT2D eigenvalue weighted by Gasteiger charge is 2.45. The van der Waals surface area contributed by atoms with Gasteiger partial charge in [0.2, 0.25) is 5.82 Å². The van der Waals surface area contributed by atoms with E-state index < -0.39 is 23.0 Å². The molecule has 0 saturated carbocycles. The zero-order valence-electron chi connectivity index (χ0n) is 14.2. The molecule has 1 atom stereocenters. The summed E-state index contributed by atoms with van der Waals surface area (Å²) in [4.78, 5) is 20.1. The van der Waals surface area contributed by atoms with Crippen molar-refractivity contribution in [2.45, 2.75) is 39.0 Å². The maximum Gasteiger partial charge on any atom is 0.449 e. The molecule has 1 amide bonds. The van der Waals surface area contributed by atoms with E-state index in [1.807, 2.05) is 13.8 Å². The van der Waals surface area contributed by atoms with Crippen LogP contribution in [0.1, 0.15) is 43.4 Å². The topological polar surface area (TPSA) is 69.2 Å². The van der Waals surface area contributed by atoms with Crippen molar-refractivity contribution >= 4 is 16.9 Å². The first-order valence-electron chi connectivity index (χ1n) is 7.99. The van der Waals surface area contributed by atoms with Crippen molar-refractivity contribution in [3.8, 4) is 0 Å². The number of halogens is 3. The van der Waals surface area contributed by atoms with Gasteiger partial charge in [-0.25, -0.2) is 4.98 Å². The largest absolute Gasteiger partial charge is 0.449 e. The number of amides is 1. The summed E-state index contributed by atoms with van der Waals surface area (Å²) in [6.45, 7) is 6.29. The number of carbonyl (C=O) groups excluding carboxylic acids is 1. The molecule has 3 rings (SSSR count). The number of piperidine rings is 1. The summed E-state index contributed by atoms with van der Waals surface area (Å²) in [7, 11) is 0. The Hall–Kier alpha value is -2.09. The maximum atomic E-state index is 12.7. The van der Waals surface area contributed by atoms with Gasteiger partial charge >= 0.3 is 6.18 Å². The number of aromatic nitrogens is 2. The van der Waals surface area contributed by atoms with Crippen molar-refractivity contribution < 1.29 is 23.1 Å². The Balaban J connectivity index is 1.88. The minimum absolute atomic E-state index is 0.158. The molecule has 1 aromatic heterocycles. The number of H-pyrrole nitrogens is 1. The van der Waals surface area contributed by atoms with Crippen LogP contribution in [-0.4, -0.2) is 44.6 Å². The number of alkyl halides is 3. The highest BCUT2D eigenvalue weighted by atomic mass is 19.4. The van der Waals surface area contributed by atoms with Gasteiger partial charge in [0, 0.05) is 24.1 Å². The summed E-state index contributed by atoms with van der Waals surface area (Å²) >= 11 is 0. The lowest BCUT2D eigenvalue weighted by atomic mass is 9.71. The third-order valence-corrected chi connectivity index (χ3v) is 5.20. The van der Waals surface area contributed by atoms with E-state index in [-0.39, 0.29) is 16.9 Å². The number of aromatic amines is 1. The lowest BCUT2D eigenvalue weighted by molar-refractivity contribution is -0.144. The SMILES string of the molecule is CC1(C)CN(C(=O)c2ccc3nc(C(F)(F)F)[nH]c3c2)CCC1(C)O. The smallest absolute Gasteiger partial charge is 0.389 e. The normalized spacial score (nSPS) is 23.9. The fourth-order valence-electron chi connectivity index (χ4n) is 3.05. The Labute approximate surface area is 142 Å². The monoisotopic (exact) mass is 355 g/mol. The molecule has 1 fully saturated rings. The van der Waals surface area contributed by atoms with Gasteiger partial charge in [0.05, 0.1) is 16.6 Å². The van der Waals surface area contributed by atoms with E-state index in [2.05, 4.69) is 9.97 Å². The second-order valence-corrected chi connectivity index (χ2v) is 7.45. The number of carbonyl (C=O) groups is 1. The second kappa shape index (κ2) is 5.45. The Morgan fingerprint density at radius 2 is 2.00 bits per heavy atom. The van der Waals surface area contributed by atoms with Gasteiger partial charge in [-0.1, -0.05) is 13.8 Å². The Bertz CT molecular complexity index is 824. The molecule has 2 N–H and O–H groups in total. The van der Waals surface area contributed by atoms with Crippen LogP contribution >= 0.6 is 0 Å². The number of likely N-dealkylation sites (tertiary alicyclic amines) is 1. The molecular weight excluding hydrogens is 335 g/mol. The number of nitrogens with one attached hydrogen (secondary N) is 1. The van der Waals surface area contributed by atoms with E-state index in [1.165, 1.54) is 18.2 Å². The van der Waals surface area contributed by atoms with Gasteiger partial charge in [-0.15, -0.1) is 0 Å². The van der Waals surface area contributed by atoms with E-state index in [0.717, 1.165) is 0 Å². The van der Waals surface area contributed by atoms with E-state index in [9.17, 15) is 23.1 Å². The van der Waals surface area contributed by atoms with E-state index in [0.29, 0.717) is 25.1 Å². The molecule has 136 valence electrons. The van der Waals surface area contributed by atoms with Crippen LogP contribution in [0.4, 0.5) is 13.2 Å². The molecule has 8 heteroatoms. The molecule has 0 spiro atoms. The fraction of sp³-hybridized carbons (Fsp3) is 0.529. The van der Waals surface area contributed by atoms with Crippen LogP contribution in [0.3, 0.4) is 0 Å². The van der Waals surface area contributed by atoms with Crippen molar-refractivity contribution in [3.63, 3.8) is 0 Å². The average Bonchev–Trinajstić information content (AvgIpc) is 2.92. The highest BCUT2D eigenvalue weighted by molar-refractivity contribution is 5.97. The van der Waals surface area contributed by atoms with Gasteiger partial charge in [-0.2, -0.15) is 13.2 Å². The minimum atomic E-state index is -4.56. The number of fused-ring (bicyclic) bond motifs is 1. The van der Waals surface area contributed by atoms with Crippen LogP contribution < -0.4 is 0 Å². The first-order chi connectivity index (χ1) is 11.4. The molecule has 1 aromatic carbocycles. The van der Waals surface area contributed by atoms with Crippen molar-refractivity contribution in [2.24, 2.45) is 5.41 Å². The van der Waals surface area contributed by atoms with Crippen LogP contribution in [0, 0.1) is 5.41 Å². The number of rotatable bonds is 1. The molecule has 1 aliphatic heterocycles. The van der Waals surface area contributed by atoms with Gasteiger partial charge in [0.15, 0.2) is 0 Å². The van der Waals surface area contributed by atoms with Gasteiger partial charge in [0.1, 0.15) is 0 Å². The van der Waals surface area contributed by atoms with Crippen molar-refractivity contribution in [2.75, 3.05) is 13.1 Å². The number of hydrogen-bond donors (Lipinski definition) is 2. The summed E-state index contributed by atoms with van der Waals surface area (Å²) in [6, 6.07) is 4.27. The van der Waals surface area contributed by atoms with Crippen LogP contribution in [0.25, 0.3) is 11.0 Å². The first kappa shape index (κ1) is 17.7. The molecule has 0 aliphatic carbocycles. The minimum Gasteiger partial charge on any atom is -0.389 e. The summed E-state index contributed by atoms with van der Waals surface area (Å²) in [5.41, 5.74) is -0.740. The fourth-order valence-corrected chi connectivity index (χ4v) is 3.05. The molecule has 1 saturated heterocycles. The standard InChI is InChI=1S/C17H20F3N3O2/c1-15(2)9-23(7-6-16(15,3)25)13(24)10-4-5-11-12(8-10)22-14(21-11)17(18,19)20/h4-5,8,25H,6-7,9H2,1-3H3,(H,21,22).